The summed E-state index contributed by atoms with van der Waals surface area (Å²) in [5.74, 6) is -1.46. The van der Waals surface area contributed by atoms with Gasteiger partial charge in [-0.05, 0) is 49.4 Å². The van der Waals surface area contributed by atoms with Crippen LogP contribution in [0.2, 0.25) is 0 Å². The van der Waals surface area contributed by atoms with Gasteiger partial charge in [-0.2, -0.15) is 0 Å². The molecule has 1 aliphatic carbocycles. The Hall–Kier alpha value is -3.41. The molecule has 1 aliphatic rings. The molecule has 1 aromatic heterocycles. The van der Waals surface area contributed by atoms with Gasteiger partial charge in [-0.15, -0.1) is 0 Å². The zero-order valence-electron chi connectivity index (χ0n) is 16.0. The molecule has 4 rings (SSSR count). The largest absolute Gasteiger partial charge is 0.449 e. The molecule has 6 nitrogen and oxygen atoms in total. The topological polar surface area (TPSA) is 85.6 Å². The number of nitrogens with one attached hydrogen (secondary N) is 1. The van der Waals surface area contributed by atoms with Crippen LogP contribution < -0.4 is 10.7 Å². The maximum atomic E-state index is 12.6. The van der Waals surface area contributed by atoms with Crippen molar-refractivity contribution in [3.8, 4) is 0 Å². The van der Waals surface area contributed by atoms with Gasteiger partial charge in [0.1, 0.15) is 5.58 Å². The van der Waals surface area contributed by atoms with Crippen LogP contribution in [0.15, 0.2) is 63.8 Å². The summed E-state index contributed by atoms with van der Waals surface area (Å²) in [6.07, 6.45) is 1.79. The normalized spacial score (nSPS) is 16.7. The molecular weight excluding hydrogens is 370 g/mol. The van der Waals surface area contributed by atoms with Crippen molar-refractivity contribution in [1.82, 2.24) is 5.32 Å². The van der Waals surface area contributed by atoms with E-state index in [-0.39, 0.29) is 23.1 Å². The first-order chi connectivity index (χ1) is 14.0. The van der Waals surface area contributed by atoms with Gasteiger partial charge in [-0.25, -0.2) is 4.79 Å². The Labute approximate surface area is 167 Å². The van der Waals surface area contributed by atoms with Gasteiger partial charge in [0.25, 0.3) is 5.91 Å². The Morgan fingerprint density at radius 1 is 1.14 bits per heavy atom. The number of hydrogen-bond donors (Lipinski definition) is 1. The number of esters is 1. The lowest BCUT2D eigenvalue weighted by Crippen LogP contribution is -2.39. The highest BCUT2D eigenvalue weighted by Crippen LogP contribution is 2.29. The molecule has 2 aromatic carbocycles. The lowest BCUT2D eigenvalue weighted by atomic mass is 9.87. The van der Waals surface area contributed by atoms with Crippen molar-refractivity contribution in [2.45, 2.75) is 38.3 Å². The molecule has 0 saturated carbocycles. The molecule has 29 heavy (non-hydrogen) atoms. The van der Waals surface area contributed by atoms with Crippen molar-refractivity contribution < 1.29 is 18.7 Å². The SMILES string of the molecule is C[C@@H](OC(=O)c1cc(=O)c2ccccc2o1)C(=O)N[C@H]1CCCc2ccccc21. The average molecular weight is 391 g/mol. The minimum atomic E-state index is -1.02. The Kier molecular flexibility index (Phi) is 5.16. The van der Waals surface area contributed by atoms with E-state index >= 15 is 0 Å². The number of amides is 1. The summed E-state index contributed by atoms with van der Waals surface area (Å²) in [6, 6.07) is 15.7. The minimum Gasteiger partial charge on any atom is -0.449 e. The number of fused-ring (bicyclic) bond motifs is 2. The summed E-state index contributed by atoms with van der Waals surface area (Å²) in [4.78, 5) is 37.2. The Bertz CT molecular complexity index is 1130. The second-order valence-corrected chi connectivity index (χ2v) is 7.17. The molecule has 0 radical (unpaired) electrons. The van der Waals surface area contributed by atoms with E-state index in [9.17, 15) is 14.4 Å². The number of rotatable bonds is 4. The fourth-order valence-corrected chi connectivity index (χ4v) is 3.67. The van der Waals surface area contributed by atoms with Crippen molar-refractivity contribution in [3.63, 3.8) is 0 Å². The van der Waals surface area contributed by atoms with Crippen LogP contribution in [0, 0.1) is 0 Å². The van der Waals surface area contributed by atoms with Gasteiger partial charge in [-0.1, -0.05) is 36.4 Å². The van der Waals surface area contributed by atoms with E-state index in [2.05, 4.69) is 11.4 Å². The molecule has 0 saturated heterocycles. The first kappa shape index (κ1) is 18.9. The Morgan fingerprint density at radius 2 is 1.90 bits per heavy atom. The predicted molar refractivity (Wildman–Crippen MR) is 108 cm³/mol. The third-order valence-electron chi connectivity index (χ3n) is 5.17. The maximum Gasteiger partial charge on any atom is 0.375 e. The molecule has 3 aromatic rings. The standard InChI is InChI=1S/C23H21NO5/c1-14(22(26)24-18-11-6-8-15-7-2-3-9-16(15)18)28-23(27)21-13-19(25)17-10-4-5-12-20(17)29-21/h2-5,7,9-10,12-14,18H,6,8,11H2,1H3,(H,24,26)/t14-,18+/m1/s1. The summed E-state index contributed by atoms with van der Waals surface area (Å²) in [5.41, 5.74) is 2.29. The van der Waals surface area contributed by atoms with E-state index in [1.165, 1.54) is 12.5 Å². The fraction of sp³-hybridized carbons (Fsp3) is 0.261. The van der Waals surface area contributed by atoms with Crippen molar-refractivity contribution in [3.05, 3.63) is 81.7 Å². The van der Waals surface area contributed by atoms with Crippen LogP contribution in [-0.4, -0.2) is 18.0 Å². The second kappa shape index (κ2) is 7.91. The molecule has 0 bridgehead atoms. The number of carbonyl (C=O) groups is 2. The van der Waals surface area contributed by atoms with Gasteiger partial charge in [0, 0.05) is 6.07 Å². The number of carbonyl (C=O) groups excluding carboxylic acids is 2. The van der Waals surface area contributed by atoms with Crippen molar-refractivity contribution in [2.24, 2.45) is 0 Å². The van der Waals surface area contributed by atoms with Gasteiger partial charge >= 0.3 is 5.97 Å². The molecule has 1 amide bonds. The number of ether oxygens (including phenoxy) is 1. The zero-order chi connectivity index (χ0) is 20.4. The maximum absolute atomic E-state index is 12.6. The Balaban J connectivity index is 1.45. The van der Waals surface area contributed by atoms with E-state index in [0.29, 0.717) is 11.0 Å². The van der Waals surface area contributed by atoms with E-state index in [1.807, 2.05) is 18.2 Å². The summed E-state index contributed by atoms with van der Waals surface area (Å²) in [7, 11) is 0. The van der Waals surface area contributed by atoms with E-state index in [0.717, 1.165) is 30.9 Å². The number of aryl methyl sites for hydroxylation is 1. The average Bonchev–Trinajstić information content (AvgIpc) is 2.74. The van der Waals surface area contributed by atoms with Gasteiger partial charge in [0.15, 0.2) is 11.5 Å². The van der Waals surface area contributed by atoms with Crippen LogP contribution in [0.5, 0.6) is 0 Å². The molecular formula is C23H21NO5. The van der Waals surface area contributed by atoms with E-state index in [4.69, 9.17) is 9.15 Å². The number of para-hydroxylation sites is 1. The van der Waals surface area contributed by atoms with Gasteiger partial charge < -0.3 is 14.5 Å². The highest BCUT2D eigenvalue weighted by Gasteiger charge is 2.26. The summed E-state index contributed by atoms with van der Waals surface area (Å²) in [6.45, 7) is 1.50. The van der Waals surface area contributed by atoms with Crippen LogP contribution in [-0.2, 0) is 16.0 Å². The lowest BCUT2D eigenvalue weighted by Gasteiger charge is -2.27. The molecule has 1 N–H and O–H groups in total. The minimum absolute atomic E-state index is 0.104. The lowest BCUT2D eigenvalue weighted by molar-refractivity contribution is -0.130. The van der Waals surface area contributed by atoms with Crippen LogP contribution in [0.3, 0.4) is 0 Å². The van der Waals surface area contributed by atoms with Crippen LogP contribution in [0.4, 0.5) is 0 Å². The summed E-state index contributed by atoms with van der Waals surface area (Å²) >= 11 is 0. The molecule has 1 heterocycles. The van der Waals surface area contributed by atoms with E-state index < -0.39 is 12.1 Å². The van der Waals surface area contributed by atoms with Gasteiger partial charge in [0.2, 0.25) is 5.76 Å². The number of hydrogen-bond acceptors (Lipinski definition) is 5. The molecule has 6 heteroatoms. The highest BCUT2D eigenvalue weighted by molar-refractivity contribution is 5.91. The number of benzene rings is 2. The summed E-state index contributed by atoms with van der Waals surface area (Å²) in [5, 5.41) is 3.34. The summed E-state index contributed by atoms with van der Waals surface area (Å²) < 4.78 is 10.7. The fourth-order valence-electron chi connectivity index (χ4n) is 3.67. The van der Waals surface area contributed by atoms with Crippen molar-refractivity contribution >= 4 is 22.8 Å². The predicted octanol–water partition coefficient (Wildman–Crippen LogP) is 3.53. The molecule has 148 valence electrons. The smallest absolute Gasteiger partial charge is 0.375 e. The van der Waals surface area contributed by atoms with Crippen LogP contribution in [0.25, 0.3) is 11.0 Å². The third-order valence-corrected chi connectivity index (χ3v) is 5.17. The molecule has 0 spiro atoms. The highest BCUT2D eigenvalue weighted by atomic mass is 16.6. The van der Waals surface area contributed by atoms with Crippen molar-refractivity contribution in [1.29, 1.82) is 0 Å². The monoisotopic (exact) mass is 391 g/mol. The van der Waals surface area contributed by atoms with Crippen LogP contribution in [0.1, 0.15) is 47.5 Å². The quantitative estimate of drug-likeness (QED) is 0.688. The van der Waals surface area contributed by atoms with Crippen LogP contribution >= 0.6 is 0 Å². The first-order valence-corrected chi connectivity index (χ1v) is 9.65. The molecule has 0 aliphatic heterocycles. The van der Waals surface area contributed by atoms with Gasteiger partial charge in [0.05, 0.1) is 11.4 Å². The van der Waals surface area contributed by atoms with Gasteiger partial charge in [-0.3, -0.25) is 9.59 Å². The zero-order valence-corrected chi connectivity index (χ0v) is 16.0. The van der Waals surface area contributed by atoms with E-state index in [1.54, 1.807) is 24.3 Å². The molecule has 0 unspecified atom stereocenters. The van der Waals surface area contributed by atoms with Crippen molar-refractivity contribution in [2.75, 3.05) is 0 Å². The molecule has 2 atom stereocenters. The second-order valence-electron chi connectivity index (χ2n) is 7.17. The molecule has 0 fully saturated rings. The first-order valence-electron chi connectivity index (χ1n) is 9.65. The third kappa shape index (κ3) is 3.92. The Morgan fingerprint density at radius 3 is 2.76 bits per heavy atom.